The van der Waals surface area contributed by atoms with Crippen molar-refractivity contribution in [3.63, 3.8) is 0 Å². The molecule has 0 aliphatic heterocycles. The maximum atomic E-state index is 13.6. The topological polar surface area (TPSA) is 105 Å². The maximum Gasteiger partial charge on any atom is 0.318 e. The van der Waals surface area contributed by atoms with Crippen LogP contribution in [0, 0.1) is 0 Å². The van der Waals surface area contributed by atoms with Gasteiger partial charge in [-0.1, -0.05) is 48.2 Å². The van der Waals surface area contributed by atoms with Gasteiger partial charge in [-0.15, -0.1) is 10.2 Å². The van der Waals surface area contributed by atoms with Crippen molar-refractivity contribution in [2.75, 3.05) is 14.2 Å². The molecule has 0 spiro atoms. The van der Waals surface area contributed by atoms with E-state index in [9.17, 15) is 13.2 Å². The van der Waals surface area contributed by atoms with E-state index in [4.69, 9.17) is 9.47 Å². The Hall–Kier alpha value is -4.09. The predicted octanol–water partition coefficient (Wildman–Crippen LogP) is 4.79. The number of benzene rings is 3. The molecule has 0 bridgehead atoms. The summed E-state index contributed by atoms with van der Waals surface area (Å²) in [6.07, 6.45) is 1.56. The van der Waals surface area contributed by atoms with Crippen LogP contribution in [0.15, 0.2) is 95.1 Å². The number of hydrogen-bond donors (Lipinski definition) is 0. The fourth-order valence-electron chi connectivity index (χ4n) is 4.09. The van der Waals surface area contributed by atoms with Gasteiger partial charge in [0.2, 0.25) is 0 Å². The first-order chi connectivity index (χ1) is 18.3. The molecule has 3 aromatic carbocycles. The third kappa shape index (κ3) is 4.54. The van der Waals surface area contributed by atoms with Gasteiger partial charge in [-0.05, 0) is 49.4 Å². The lowest BCUT2D eigenvalue weighted by molar-refractivity contribution is -0.139. The summed E-state index contributed by atoms with van der Waals surface area (Å²) in [5.41, 5.74) is 1.79. The number of esters is 1. The van der Waals surface area contributed by atoms with Crippen LogP contribution in [-0.4, -0.2) is 52.6 Å². The van der Waals surface area contributed by atoms with E-state index in [-0.39, 0.29) is 4.90 Å². The Labute approximate surface area is 224 Å². The Balaban J connectivity index is 1.73. The lowest BCUT2D eigenvalue weighted by Gasteiger charge is -2.13. The van der Waals surface area contributed by atoms with Crippen molar-refractivity contribution in [3.05, 3.63) is 85.1 Å². The Bertz CT molecular complexity index is 1710. The fourth-order valence-corrected chi connectivity index (χ4v) is 6.37. The fraction of sp³-hybridized carbons (Fsp3) is 0.148. The number of carbonyl (C=O) groups is 1. The third-order valence-electron chi connectivity index (χ3n) is 6.00. The van der Waals surface area contributed by atoms with E-state index in [2.05, 4.69) is 10.2 Å². The second-order valence-electron chi connectivity index (χ2n) is 8.30. The summed E-state index contributed by atoms with van der Waals surface area (Å²) in [6, 6.07) is 22.8. The standard InChI is InChI=1S/C27H24N4O5S2/c1-18(26(32)36-3)37-27-29-28-25(31(27)19-13-15-20(35-2)16-14-19)23-17-30(24-12-8-7-11-22(23)24)38(33,34)21-9-5-4-6-10-21/h4-18H,1-3H3/t18-/m0/s1. The van der Waals surface area contributed by atoms with Crippen LogP contribution in [0.1, 0.15) is 6.92 Å². The largest absolute Gasteiger partial charge is 0.497 e. The molecule has 0 unspecified atom stereocenters. The molecule has 0 radical (unpaired) electrons. The number of nitrogens with zero attached hydrogens (tertiary/aromatic N) is 4. The van der Waals surface area contributed by atoms with Crippen molar-refractivity contribution in [1.29, 1.82) is 0 Å². The molecule has 0 N–H and O–H groups in total. The number of carbonyl (C=O) groups excluding carboxylic acids is 1. The quantitative estimate of drug-likeness (QED) is 0.201. The van der Waals surface area contributed by atoms with E-state index in [1.165, 1.54) is 22.8 Å². The summed E-state index contributed by atoms with van der Waals surface area (Å²) in [4.78, 5) is 12.3. The first kappa shape index (κ1) is 25.6. The molecule has 0 aliphatic carbocycles. The monoisotopic (exact) mass is 548 g/mol. The predicted molar refractivity (Wildman–Crippen MR) is 145 cm³/mol. The summed E-state index contributed by atoms with van der Waals surface area (Å²) < 4.78 is 40.5. The lowest BCUT2D eigenvalue weighted by Crippen LogP contribution is -2.15. The Morgan fingerprint density at radius 3 is 2.29 bits per heavy atom. The Kier molecular flexibility index (Phi) is 6.96. The molecule has 38 heavy (non-hydrogen) atoms. The first-order valence-electron chi connectivity index (χ1n) is 11.6. The van der Waals surface area contributed by atoms with Crippen LogP contribution in [0.25, 0.3) is 28.0 Å². The van der Waals surface area contributed by atoms with Crippen LogP contribution in [0.2, 0.25) is 0 Å². The van der Waals surface area contributed by atoms with Gasteiger partial charge in [-0.25, -0.2) is 12.4 Å². The van der Waals surface area contributed by atoms with Crippen LogP contribution in [0.4, 0.5) is 0 Å². The van der Waals surface area contributed by atoms with Crippen molar-refractivity contribution in [3.8, 4) is 22.8 Å². The summed E-state index contributed by atoms with van der Waals surface area (Å²) in [7, 11) is -0.971. The van der Waals surface area contributed by atoms with E-state index < -0.39 is 21.2 Å². The lowest BCUT2D eigenvalue weighted by atomic mass is 10.1. The van der Waals surface area contributed by atoms with Crippen molar-refractivity contribution in [2.45, 2.75) is 22.2 Å². The number of hydrogen-bond acceptors (Lipinski definition) is 8. The number of thioether (sulfide) groups is 1. The van der Waals surface area contributed by atoms with E-state index in [1.54, 1.807) is 79.4 Å². The summed E-state index contributed by atoms with van der Waals surface area (Å²) >= 11 is 1.20. The molecule has 0 saturated heterocycles. The van der Waals surface area contributed by atoms with Gasteiger partial charge in [-0.2, -0.15) is 0 Å². The average Bonchev–Trinajstić information content (AvgIpc) is 3.55. The molecule has 194 valence electrons. The molecule has 5 rings (SSSR count). The highest BCUT2D eigenvalue weighted by atomic mass is 32.2. The van der Waals surface area contributed by atoms with Gasteiger partial charge < -0.3 is 9.47 Å². The van der Waals surface area contributed by atoms with Gasteiger partial charge in [0.15, 0.2) is 11.0 Å². The highest BCUT2D eigenvalue weighted by Gasteiger charge is 2.27. The van der Waals surface area contributed by atoms with E-state index in [0.717, 1.165) is 0 Å². The molecular formula is C27H24N4O5S2. The molecule has 1 atom stereocenters. The van der Waals surface area contributed by atoms with E-state index in [1.807, 2.05) is 24.3 Å². The van der Waals surface area contributed by atoms with Gasteiger partial charge in [0.25, 0.3) is 10.0 Å². The second-order valence-corrected chi connectivity index (χ2v) is 11.4. The zero-order chi connectivity index (χ0) is 26.9. The molecule has 5 aromatic rings. The smallest absolute Gasteiger partial charge is 0.318 e. The highest BCUT2D eigenvalue weighted by Crippen LogP contribution is 2.36. The normalized spacial score (nSPS) is 12.4. The number of rotatable bonds is 8. The molecule has 11 heteroatoms. The van der Waals surface area contributed by atoms with Crippen molar-refractivity contribution >= 4 is 38.7 Å². The van der Waals surface area contributed by atoms with Crippen LogP contribution in [0.3, 0.4) is 0 Å². The molecule has 0 fully saturated rings. The third-order valence-corrected chi connectivity index (χ3v) is 8.71. The minimum atomic E-state index is -3.89. The van der Waals surface area contributed by atoms with Crippen LogP contribution in [0.5, 0.6) is 5.75 Å². The molecule has 0 saturated carbocycles. The van der Waals surface area contributed by atoms with Crippen molar-refractivity contribution in [1.82, 2.24) is 18.7 Å². The van der Waals surface area contributed by atoms with Gasteiger partial charge in [0, 0.05) is 22.8 Å². The van der Waals surface area contributed by atoms with Crippen LogP contribution < -0.4 is 4.74 Å². The SMILES string of the molecule is COC(=O)[C@H](C)Sc1nnc(-c2cn(S(=O)(=O)c3ccccc3)c3ccccc23)n1-c1ccc(OC)cc1. The number of fused-ring (bicyclic) bond motifs is 1. The molecular weight excluding hydrogens is 524 g/mol. The number of aromatic nitrogens is 4. The van der Waals surface area contributed by atoms with Crippen molar-refractivity contribution < 1.29 is 22.7 Å². The molecule has 0 aliphatic rings. The Morgan fingerprint density at radius 2 is 1.61 bits per heavy atom. The molecule has 9 nitrogen and oxygen atoms in total. The molecule has 2 heterocycles. The van der Waals surface area contributed by atoms with Gasteiger partial charge >= 0.3 is 5.97 Å². The van der Waals surface area contributed by atoms with Crippen molar-refractivity contribution in [2.24, 2.45) is 0 Å². The van der Waals surface area contributed by atoms with E-state index >= 15 is 0 Å². The maximum absolute atomic E-state index is 13.6. The summed E-state index contributed by atoms with van der Waals surface area (Å²) in [6.45, 7) is 1.72. The van der Waals surface area contributed by atoms with Gasteiger partial charge in [0.05, 0.1) is 24.6 Å². The Morgan fingerprint density at radius 1 is 0.921 bits per heavy atom. The van der Waals surface area contributed by atoms with Crippen LogP contribution in [-0.2, 0) is 19.6 Å². The summed E-state index contributed by atoms with van der Waals surface area (Å²) in [5, 5.41) is 9.43. The zero-order valence-electron chi connectivity index (χ0n) is 20.8. The van der Waals surface area contributed by atoms with Gasteiger partial charge in [-0.3, -0.25) is 9.36 Å². The number of methoxy groups -OCH3 is 2. The number of para-hydroxylation sites is 1. The van der Waals surface area contributed by atoms with Gasteiger partial charge in [0.1, 0.15) is 11.0 Å². The first-order valence-corrected chi connectivity index (χ1v) is 13.9. The number of ether oxygens (including phenoxy) is 2. The zero-order valence-corrected chi connectivity index (χ0v) is 22.4. The molecule has 2 aromatic heterocycles. The minimum Gasteiger partial charge on any atom is -0.497 e. The minimum absolute atomic E-state index is 0.173. The van der Waals surface area contributed by atoms with E-state index in [0.29, 0.717) is 38.9 Å². The summed E-state index contributed by atoms with van der Waals surface area (Å²) in [5.74, 6) is 0.699. The second kappa shape index (κ2) is 10.3. The van der Waals surface area contributed by atoms with Crippen LogP contribution >= 0.6 is 11.8 Å². The molecule has 0 amide bonds. The highest BCUT2D eigenvalue weighted by molar-refractivity contribution is 8.00. The average molecular weight is 549 g/mol.